The minimum atomic E-state index is -0.0517. The van der Waals surface area contributed by atoms with Crippen LogP contribution in [0.4, 0.5) is 5.82 Å². The van der Waals surface area contributed by atoms with Crippen LogP contribution in [0, 0.1) is 5.92 Å². The molecule has 0 saturated carbocycles. The molecule has 1 aliphatic rings. The summed E-state index contributed by atoms with van der Waals surface area (Å²) in [4.78, 5) is 11.9. The Kier molecular flexibility index (Phi) is 3.47. The van der Waals surface area contributed by atoms with E-state index < -0.39 is 0 Å². The maximum atomic E-state index is 11.9. The molecule has 5 nitrogen and oxygen atoms in total. The highest BCUT2D eigenvalue weighted by atomic mass is 16.5. The van der Waals surface area contributed by atoms with Gasteiger partial charge < -0.3 is 10.1 Å². The van der Waals surface area contributed by atoms with Crippen LogP contribution in [-0.4, -0.2) is 28.8 Å². The van der Waals surface area contributed by atoms with Gasteiger partial charge >= 0.3 is 0 Å². The summed E-state index contributed by atoms with van der Waals surface area (Å²) in [6, 6.07) is 1.88. The number of H-pyrrole nitrogens is 1. The molecule has 1 fully saturated rings. The number of hydrogen-bond donors (Lipinski definition) is 2. The third-order valence-electron chi connectivity index (χ3n) is 3.04. The Morgan fingerprint density at radius 3 is 2.94 bits per heavy atom. The van der Waals surface area contributed by atoms with Crippen molar-refractivity contribution in [2.75, 3.05) is 11.9 Å². The summed E-state index contributed by atoms with van der Waals surface area (Å²) in [6.07, 6.45) is 0.962. The van der Waals surface area contributed by atoms with Crippen LogP contribution < -0.4 is 5.32 Å². The van der Waals surface area contributed by atoms with Gasteiger partial charge in [-0.25, -0.2) is 0 Å². The number of nitrogens with zero attached hydrogens (tertiary/aromatic N) is 1. The quantitative estimate of drug-likeness (QED) is 0.843. The Balaban J connectivity index is 1.93. The first-order valence-electron chi connectivity index (χ1n) is 6.04. The standard InChI is InChI=1S/C12H19N3O2/c1-7(2)10-5-11(15-14-10)13-12(16)9-4-8(3)17-6-9/h5,7-9H,4,6H2,1-3H3,(H2,13,14,15,16). The lowest BCUT2D eigenvalue weighted by molar-refractivity contribution is -0.119. The fourth-order valence-electron chi connectivity index (χ4n) is 1.92. The predicted octanol–water partition coefficient (Wildman–Crippen LogP) is 1.90. The summed E-state index contributed by atoms with van der Waals surface area (Å²) >= 11 is 0. The number of anilines is 1. The highest BCUT2D eigenvalue weighted by Gasteiger charge is 2.28. The van der Waals surface area contributed by atoms with Gasteiger partial charge in [-0.05, 0) is 19.3 Å². The smallest absolute Gasteiger partial charge is 0.231 e. The van der Waals surface area contributed by atoms with Crippen LogP contribution >= 0.6 is 0 Å². The minimum Gasteiger partial charge on any atom is -0.378 e. The average molecular weight is 237 g/mol. The summed E-state index contributed by atoms with van der Waals surface area (Å²) in [7, 11) is 0. The van der Waals surface area contributed by atoms with Crippen LogP contribution in [0.15, 0.2) is 6.07 Å². The molecular formula is C12H19N3O2. The van der Waals surface area contributed by atoms with Crippen LogP contribution in [0.25, 0.3) is 0 Å². The molecule has 2 heterocycles. The van der Waals surface area contributed by atoms with Gasteiger partial charge in [0.1, 0.15) is 0 Å². The third kappa shape index (κ3) is 2.85. The third-order valence-corrected chi connectivity index (χ3v) is 3.04. The molecule has 2 atom stereocenters. The molecule has 17 heavy (non-hydrogen) atoms. The Hall–Kier alpha value is -1.36. The topological polar surface area (TPSA) is 67.0 Å². The lowest BCUT2D eigenvalue weighted by Crippen LogP contribution is -2.23. The number of ether oxygens (including phenoxy) is 1. The predicted molar refractivity (Wildman–Crippen MR) is 64.8 cm³/mol. The minimum absolute atomic E-state index is 0.00356. The van der Waals surface area contributed by atoms with Gasteiger partial charge in [-0.3, -0.25) is 9.89 Å². The number of rotatable bonds is 3. The van der Waals surface area contributed by atoms with Gasteiger partial charge in [0.05, 0.1) is 18.6 Å². The summed E-state index contributed by atoms with van der Waals surface area (Å²) < 4.78 is 5.38. The second-order valence-electron chi connectivity index (χ2n) is 4.93. The van der Waals surface area contributed by atoms with Gasteiger partial charge in [0.25, 0.3) is 0 Å². The summed E-state index contributed by atoms with van der Waals surface area (Å²) in [5, 5.41) is 9.80. The highest BCUT2D eigenvalue weighted by Crippen LogP contribution is 2.21. The molecule has 0 bridgehead atoms. The van der Waals surface area contributed by atoms with Gasteiger partial charge in [-0.15, -0.1) is 0 Å². The van der Waals surface area contributed by atoms with Crippen LogP contribution in [0.2, 0.25) is 0 Å². The first kappa shape index (κ1) is 12.1. The monoisotopic (exact) mass is 237 g/mol. The Morgan fingerprint density at radius 2 is 2.41 bits per heavy atom. The summed E-state index contributed by atoms with van der Waals surface area (Å²) in [5.41, 5.74) is 1.02. The fourth-order valence-corrected chi connectivity index (χ4v) is 1.92. The molecule has 0 spiro atoms. The van der Waals surface area contributed by atoms with Gasteiger partial charge in [-0.2, -0.15) is 5.10 Å². The van der Waals surface area contributed by atoms with Gasteiger partial charge in [0.15, 0.2) is 5.82 Å². The van der Waals surface area contributed by atoms with E-state index in [2.05, 4.69) is 29.4 Å². The molecule has 1 aromatic heterocycles. The molecule has 1 saturated heterocycles. The van der Waals surface area contributed by atoms with Crippen molar-refractivity contribution >= 4 is 11.7 Å². The molecule has 0 aromatic carbocycles. The van der Waals surface area contributed by atoms with Crippen LogP contribution in [-0.2, 0) is 9.53 Å². The van der Waals surface area contributed by atoms with E-state index in [4.69, 9.17) is 4.74 Å². The number of carbonyl (C=O) groups is 1. The first-order chi connectivity index (χ1) is 8.06. The summed E-state index contributed by atoms with van der Waals surface area (Å²) in [5.74, 6) is 0.918. The second kappa shape index (κ2) is 4.87. The number of aromatic amines is 1. The summed E-state index contributed by atoms with van der Waals surface area (Å²) in [6.45, 7) is 6.64. The van der Waals surface area contributed by atoms with Crippen molar-refractivity contribution in [3.05, 3.63) is 11.8 Å². The second-order valence-corrected chi connectivity index (χ2v) is 4.93. The van der Waals surface area contributed by atoms with Crippen molar-refractivity contribution in [3.8, 4) is 0 Å². The average Bonchev–Trinajstić information content (AvgIpc) is 2.86. The van der Waals surface area contributed by atoms with E-state index in [-0.39, 0.29) is 17.9 Å². The zero-order valence-corrected chi connectivity index (χ0v) is 10.5. The zero-order valence-electron chi connectivity index (χ0n) is 10.5. The number of aromatic nitrogens is 2. The molecule has 1 aromatic rings. The van der Waals surface area contributed by atoms with Crippen molar-refractivity contribution in [2.24, 2.45) is 5.92 Å². The largest absolute Gasteiger partial charge is 0.378 e. The van der Waals surface area contributed by atoms with Crippen molar-refractivity contribution in [2.45, 2.75) is 39.2 Å². The fraction of sp³-hybridized carbons (Fsp3) is 0.667. The molecule has 2 rings (SSSR count). The molecule has 0 aliphatic carbocycles. The van der Waals surface area contributed by atoms with Crippen molar-refractivity contribution in [3.63, 3.8) is 0 Å². The highest BCUT2D eigenvalue weighted by molar-refractivity contribution is 5.92. The van der Waals surface area contributed by atoms with Crippen molar-refractivity contribution in [1.29, 1.82) is 0 Å². The number of nitrogens with one attached hydrogen (secondary N) is 2. The van der Waals surface area contributed by atoms with Crippen LogP contribution in [0.1, 0.15) is 38.8 Å². The van der Waals surface area contributed by atoms with E-state index in [9.17, 15) is 4.79 Å². The van der Waals surface area contributed by atoms with E-state index in [1.165, 1.54) is 0 Å². The maximum Gasteiger partial charge on any atom is 0.231 e. The molecule has 2 unspecified atom stereocenters. The molecule has 2 N–H and O–H groups in total. The first-order valence-corrected chi connectivity index (χ1v) is 6.04. The Labute approximate surface area is 101 Å². The molecule has 1 aliphatic heterocycles. The van der Waals surface area contributed by atoms with Crippen LogP contribution in [0.3, 0.4) is 0 Å². The normalized spacial score (nSPS) is 24.2. The van der Waals surface area contributed by atoms with E-state index in [1.54, 1.807) is 0 Å². The molecule has 94 valence electrons. The molecule has 1 amide bonds. The Morgan fingerprint density at radius 1 is 1.65 bits per heavy atom. The lowest BCUT2D eigenvalue weighted by Gasteiger charge is -2.06. The maximum absolute atomic E-state index is 11.9. The van der Waals surface area contributed by atoms with Gasteiger partial charge in [0.2, 0.25) is 5.91 Å². The van der Waals surface area contributed by atoms with E-state index in [0.717, 1.165) is 12.1 Å². The van der Waals surface area contributed by atoms with E-state index >= 15 is 0 Å². The van der Waals surface area contributed by atoms with E-state index in [0.29, 0.717) is 18.3 Å². The number of amides is 1. The Bertz CT molecular complexity index is 400. The van der Waals surface area contributed by atoms with Gasteiger partial charge in [0, 0.05) is 11.8 Å². The SMILES string of the molecule is CC1CC(C(=O)Nc2cc(C(C)C)[nH]n2)CO1. The van der Waals surface area contributed by atoms with E-state index in [1.807, 2.05) is 13.0 Å². The molecule has 0 radical (unpaired) electrons. The molecular weight excluding hydrogens is 218 g/mol. The lowest BCUT2D eigenvalue weighted by atomic mass is 10.1. The van der Waals surface area contributed by atoms with Crippen molar-refractivity contribution in [1.82, 2.24) is 10.2 Å². The molecule has 5 heteroatoms. The van der Waals surface area contributed by atoms with Crippen LogP contribution in [0.5, 0.6) is 0 Å². The van der Waals surface area contributed by atoms with Gasteiger partial charge in [-0.1, -0.05) is 13.8 Å². The van der Waals surface area contributed by atoms with Crippen molar-refractivity contribution < 1.29 is 9.53 Å². The zero-order chi connectivity index (χ0) is 12.4. The number of hydrogen-bond acceptors (Lipinski definition) is 3. The number of carbonyl (C=O) groups excluding carboxylic acids is 1.